The number of hydrogen-bond acceptors (Lipinski definition) is 7. The maximum atomic E-state index is 10.7. The van der Waals surface area contributed by atoms with Gasteiger partial charge in [-0.15, -0.1) is 10.2 Å². The quantitative estimate of drug-likeness (QED) is 0.442. The highest BCUT2D eigenvalue weighted by molar-refractivity contribution is 7.21. The number of phenolic OH excluding ortho intramolecular Hbond substituents is 1. The molecule has 0 fully saturated rings. The zero-order valence-corrected chi connectivity index (χ0v) is 11.3. The molecule has 0 aliphatic rings. The molecule has 0 spiro atoms. The lowest BCUT2D eigenvalue weighted by Gasteiger charge is -1.96. The Bertz CT molecular complexity index is 826. The standard InChI is InChI=1S/C13H8N4O3S/c18-11-6-5-8(17(19)20)7-10(11)15-16-13-14-9-3-1-2-4-12(9)21-13/h1-7,18H. The van der Waals surface area contributed by atoms with Crippen LogP contribution >= 0.6 is 11.3 Å². The SMILES string of the molecule is O=[N+]([O-])c1ccc(O)c(N=Nc2nc3ccccc3s2)c1. The van der Waals surface area contributed by atoms with Crippen molar-refractivity contribution in [3.8, 4) is 5.75 Å². The summed E-state index contributed by atoms with van der Waals surface area (Å²) in [5.74, 6) is -0.175. The largest absolute Gasteiger partial charge is 0.506 e. The number of nitro benzene ring substituents is 1. The Balaban J connectivity index is 1.95. The van der Waals surface area contributed by atoms with Crippen molar-refractivity contribution >= 4 is 38.1 Å². The van der Waals surface area contributed by atoms with Gasteiger partial charge in [0.2, 0.25) is 5.13 Å². The highest BCUT2D eigenvalue weighted by Crippen LogP contribution is 2.33. The van der Waals surface area contributed by atoms with E-state index >= 15 is 0 Å². The molecule has 0 atom stereocenters. The first-order valence-electron chi connectivity index (χ1n) is 5.88. The summed E-state index contributed by atoms with van der Waals surface area (Å²) in [6.45, 7) is 0. The number of rotatable bonds is 3. The van der Waals surface area contributed by atoms with Crippen LogP contribution in [-0.4, -0.2) is 15.0 Å². The number of nitro groups is 1. The number of hydrogen-bond donors (Lipinski definition) is 1. The lowest BCUT2D eigenvalue weighted by molar-refractivity contribution is -0.384. The monoisotopic (exact) mass is 300 g/mol. The minimum Gasteiger partial charge on any atom is -0.506 e. The van der Waals surface area contributed by atoms with Gasteiger partial charge in [0.05, 0.1) is 15.1 Å². The highest BCUT2D eigenvalue weighted by atomic mass is 32.1. The van der Waals surface area contributed by atoms with Crippen LogP contribution in [0.4, 0.5) is 16.5 Å². The molecule has 7 nitrogen and oxygen atoms in total. The molecular formula is C13H8N4O3S. The molecule has 1 aromatic heterocycles. The molecule has 21 heavy (non-hydrogen) atoms. The predicted molar refractivity (Wildman–Crippen MR) is 78.6 cm³/mol. The Morgan fingerprint density at radius 2 is 2.00 bits per heavy atom. The van der Waals surface area contributed by atoms with Gasteiger partial charge in [0, 0.05) is 12.1 Å². The highest BCUT2D eigenvalue weighted by Gasteiger charge is 2.10. The summed E-state index contributed by atoms with van der Waals surface area (Å²) in [6, 6.07) is 11.1. The summed E-state index contributed by atoms with van der Waals surface area (Å²) in [5, 5.41) is 28.5. The van der Waals surface area contributed by atoms with Gasteiger partial charge in [-0.3, -0.25) is 10.1 Å². The molecule has 8 heteroatoms. The van der Waals surface area contributed by atoms with E-state index in [1.54, 1.807) is 0 Å². The molecule has 1 N–H and O–H groups in total. The molecule has 0 saturated heterocycles. The maximum absolute atomic E-state index is 10.7. The Kier molecular flexibility index (Phi) is 3.28. The minimum absolute atomic E-state index is 0.0310. The number of benzene rings is 2. The third-order valence-corrected chi connectivity index (χ3v) is 3.62. The van der Waals surface area contributed by atoms with Crippen LogP contribution in [-0.2, 0) is 0 Å². The predicted octanol–water partition coefficient (Wildman–Crippen LogP) is 4.33. The Labute approximate surface area is 122 Å². The van der Waals surface area contributed by atoms with Crippen molar-refractivity contribution in [3.05, 3.63) is 52.6 Å². The average Bonchev–Trinajstić information content (AvgIpc) is 2.89. The average molecular weight is 300 g/mol. The number of thiazole rings is 1. The van der Waals surface area contributed by atoms with Gasteiger partial charge >= 0.3 is 0 Å². The van der Waals surface area contributed by atoms with Crippen LogP contribution in [0.3, 0.4) is 0 Å². The third kappa shape index (κ3) is 2.70. The van der Waals surface area contributed by atoms with Gasteiger partial charge in [-0.05, 0) is 18.2 Å². The second-order valence-corrected chi connectivity index (χ2v) is 5.10. The van der Waals surface area contributed by atoms with Crippen molar-refractivity contribution < 1.29 is 10.0 Å². The van der Waals surface area contributed by atoms with E-state index in [2.05, 4.69) is 15.2 Å². The first-order chi connectivity index (χ1) is 10.1. The van der Waals surface area contributed by atoms with Crippen LogP contribution in [0, 0.1) is 10.1 Å². The van der Waals surface area contributed by atoms with Gasteiger partial charge in [0.15, 0.2) is 0 Å². The van der Waals surface area contributed by atoms with Gasteiger partial charge < -0.3 is 5.11 Å². The lowest BCUT2D eigenvalue weighted by atomic mass is 10.2. The molecule has 0 amide bonds. The van der Waals surface area contributed by atoms with Crippen molar-refractivity contribution in [2.45, 2.75) is 0 Å². The van der Waals surface area contributed by atoms with Crippen molar-refractivity contribution in [1.82, 2.24) is 4.98 Å². The second-order valence-electron chi connectivity index (χ2n) is 4.09. The number of para-hydroxylation sites is 1. The molecule has 3 aromatic rings. The zero-order valence-electron chi connectivity index (χ0n) is 10.5. The number of aromatic hydroxyl groups is 1. The van der Waals surface area contributed by atoms with E-state index in [1.165, 1.54) is 23.5 Å². The van der Waals surface area contributed by atoms with Gasteiger partial charge in [0.1, 0.15) is 11.4 Å². The summed E-state index contributed by atoms with van der Waals surface area (Å²) in [7, 11) is 0. The second kappa shape index (κ2) is 5.25. The number of azo groups is 1. The van der Waals surface area contributed by atoms with Crippen molar-refractivity contribution in [1.29, 1.82) is 0 Å². The van der Waals surface area contributed by atoms with Crippen LogP contribution in [0.15, 0.2) is 52.7 Å². The Morgan fingerprint density at radius 3 is 2.76 bits per heavy atom. The van der Waals surface area contributed by atoms with E-state index in [-0.39, 0.29) is 17.1 Å². The summed E-state index contributed by atoms with van der Waals surface area (Å²) in [6.07, 6.45) is 0. The fourth-order valence-electron chi connectivity index (χ4n) is 1.70. The van der Waals surface area contributed by atoms with E-state index in [0.717, 1.165) is 16.3 Å². The number of non-ortho nitro benzene ring substituents is 1. The minimum atomic E-state index is -0.559. The summed E-state index contributed by atoms with van der Waals surface area (Å²) < 4.78 is 0.967. The van der Waals surface area contributed by atoms with Crippen LogP contribution in [0.25, 0.3) is 10.2 Å². The maximum Gasteiger partial charge on any atom is 0.271 e. The number of nitrogens with zero attached hydrogens (tertiary/aromatic N) is 4. The zero-order chi connectivity index (χ0) is 14.8. The van der Waals surface area contributed by atoms with E-state index in [0.29, 0.717) is 5.13 Å². The third-order valence-electron chi connectivity index (χ3n) is 2.70. The summed E-state index contributed by atoms with van der Waals surface area (Å²) in [5.41, 5.74) is 0.675. The smallest absolute Gasteiger partial charge is 0.271 e. The fourth-order valence-corrected chi connectivity index (χ4v) is 2.49. The van der Waals surface area contributed by atoms with Crippen molar-refractivity contribution in [3.63, 3.8) is 0 Å². The molecule has 0 aliphatic carbocycles. The number of fused-ring (bicyclic) bond motifs is 1. The van der Waals surface area contributed by atoms with Crippen molar-refractivity contribution in [2.24, 2.45) is 10.2 Å². The molecule has 0 bridgehead atoms. The lowest BCUT2D eigenvalue weighted by Crippen LogP contribution is -1.86. The molecule has 2 aromatic carbocycles. The molecule has 0 radical (unpaired) electrons. The molecule has 0 aliphatic heterocycles. The molecule has 0 unspecified atom stereocenters. The normalized spacial score (nSPS) is 11.2. The molecule has 3 rings (SSSR count). The van der Waals surface area contributed by atoms with Crippen molar-refractivity contribution in [2.75, 3.05) is 0 Å². The first-order valence-corrected chi connectivity index (χ1v) is 6.70. The fraction of sp³-hybridized carbons (Fsp3) is 0. The number of phenols is 1. The van der Waals surface area contributed by atoms with E-state index < -0.39 is 4.92 Å². The van der Waals surface area contributed by atoms with Gasteiger partial charge in [-0.1, -0.05) is 23.5 Å². The van der Waals surface area contributed by atoms with Gasteiger partial charge in [-0.2, -0.15) is 0 Å². The van der Waals surface area contributed by atoms with E-state index in [4.69, 9.17) is 0 Å². The summed E-state index contributed by atoms with van der Waals surface area (Å²) in [4.78, 5) is 14.4. The van der Waals surface area contributed by atoms with E-state index in [9.17, 15) is 15.2 Å². The first kappa shape index (κ1) is 13.1. The van der Waals surface area contributed by atoms with Crippen LogP contribution in [0.5, 0.6) is 5.75 Å². The summed E-state index contributed by atoms with van der Waals surface area (Å²) >= 11 is 1.35. The molecule has 104 valence electrons. The van der Waals surface area contributed by atoms with Gasteiger partial charge in [-0.25, -0.2) is 4.98 Å². The van der Waals surface area contributed by atoms with E-state index in [1.807, 2.05) is 24.3 Å². The Hall–Kier alpha value is -2.87. The number of aromatic nitrogens is 1. The van der Waals surface area contributed by atoms with Crippen LogP contribution < -0.4 is 0 Å². The Morgan fingerprint density at radius 1 is 1.19 bits per heavy atom. The topological polar surface area (TPSA) is 101 Å². The molecule has 0 saturated carbocycles. The molecule has 1 heterocycles. The van der Waals surface area contributed by atoms with Gasteiger partial charge in [0.25, 0.3) is 5.69 Å². The van der Waals surface area contributed by atoms with Crippen LogP contribution in [0.1, 0.15) is 0 Å². The molecular weight excluding hydrogens is 292 g/mol. The van der Waals surface area contributed by atoms with Crippen LogP contribution in [0.2, 0.25) is 0 Å².